The maximum Gasteiger partial charge on any atom is 0.256 e. The molecule has 1 N–H and O–H groups in total. The van der Waals surface area contributed by atoms with Crippen LogP contribution >= 0.6 is 12.2 Å². The molecular formula is C26H21N3OS. The van der Waals surface area contributed by atoms with E-state index in [9.17, 15) is 4.79 Å². The number of hydrogen-bond donors (Lipinski definition) is 1. The van der Waals surface area contributed by atoms with Gasteiger partial charge in [-0.2, -0.15) is 0 Å². The van der Waals surface area contributed by atoms with Crippen molar-refractivity contribution in [2.24, 2.45) is 0 Å². The van der Waals surface area contributed by atoms with E-state index >= 15 is 0 Å². The van der Waals surface area contributed by atoms with Gasteiger partial charge in [0.25, 0.3) is 5.91 Å². The Bertz CT molecular complexity index is 1340. The number of carbonyl (C=O) groups excluding carboxylic acids is 1. The van der Waals surface area contributed by atoms with Crippen LogP contribution in [0.25, 0.3) is 10.9 Å². The van der Waals surface area contributed by atoms with Gasteiger partial charge in [-0.05, 0) is 54.0 Å². The first-order valence-corrected chi connectivity index (χ1v) is 10.9. The Hall–Kier alpha value is -3.44. The van der Waals surface area contributed by atoms with Gasteiger partial charge in [0.15, 0.2) is 5.11 Å². The van der Waals surface area contributed by atoms with Crippen molar-refractivity contribution in [3.63, 3.8) is 0 Å². The Labute approximate surface area is 186 Å². The molecule has 5 heteroatoms. The summed E-state index contributed by atoms with van der Waals surface area (Å²) in [7, 11) is 0. The smallest absolute Gasteiger partial charge is 0.256 e. The van der Waals surface area contributed by atoms with Gasteiger partial charge in [-0.1, -0.05) is 60.7 Å². The van der Waals surface area contributed by atoms with Gasteiger partial charge in [0.1, 0.15) is 6.04 Å². The number of nitrogens with zero attached hydrogens (tertiary/aromatic N) is 2. The summed E-state index contributed by atoms with van der Waals surface area (Å²) >= 11 is 5.94. The molecule has 1 saturated heterocycles. The number of thiocarbonyl (C=S) groups is 1. The van der Waals surface area contributed by atoms with Gasteiger partial charge in [0.2, 0.25) is 0 Å². The van der Waals surface area contributed by atoms with Crippen LogP contribution in [-0.2, 0) is 11.2 Å². The lowest BCUT2D eigenvalue weighted by molar-refractivity contribution is -0.120. The third-order valence-corrected chi connectivity index (χ3v) is 6.82. The van der Waals surface area contributed by atoms with Crippen molar-refractivity contribution in [1.82, 2.24) is 9.88 Å². The minimum absolute atomic E-state index is 0.0486. The average molecular weight is 424 g/mol. The molecule has 6 rings (SSSR count). The number of anilines is 1. The quantitative estimate of drug-likeness (QED) is 0.455. The van der Waals surface area contributed by atoms with Crippen LogP contribution < -0.4 is 4.90 Å². The molecule has 3 heterocycles. The predicted molar refractivity (Wildman–Crippen MR) is 127 cm³/mol. The number of hydrogen-bond acceptors (Lipinski definition) is 2. The largest absolute Gasteiger partial charge is 0.356 e. The predicted octanol–water partition coefficient (Wildman–Crippen LogP) is 5.12. The second kappa shape index (κ2) is 6.79. The van der Waals surface area contributed by atoms with Crippen molar-refractivity contribution in [1.29, 1.82) is 0 Å². The zero-order chi connectivity index (χ0) is 21.1. The van der Waals surface area contributed by atoms with Gasteiger partial charge < -0.3 is 9.88 Å². The van der Waals surface area contributed by atoms with Crippen LogP contribution in [0.5, 0.6) is 0 Å². The Balaban J connectivity index is 1.55. The molecule has 2 atom stereocenters. The number of amides is 1. The SMILES string of the molecule is Cc1cccc(N2C(=O)[C@@H]3Cc4c([nH]c5ccccc45)[C@H](c4ccccc4)N3C2=S)c1. The molecule has 0 radical (unpaired) electrons. The topological polar surface area (TPSA) is 39.3 Å². The summed E-state index contributed by atoms with van der Waals surface area (Å²) in [5.74, 6) is 0.0486. The number of carbonyl (C=O) groups is 1. The Morgan fingerprint density at radius 1 is 0.968 bits per heavy atom. The summed E-state index contributed by atoms with van der Waals surface area (Å²) in [5, 5.41) is 1.75. The lowest BCUT2D eigenvalue weighted by Crippen LogP contribution is -2.44. The van der Waals surface area contributed by atoms with Crippen LogP contribution in [0.15, 0.2) is 78.9 Å². The molecule has 4 nitrogen and oxygen atoms in total. The van der Waals surface area contributed by atoms with Crippen LogP contribution in [0, 0.1) is 6.92 Å². The van der Waals surface area contributed by atoms with Gasteiger partial charge in [0, 0.05) is 23.0 Å². The van der Waals surface area contributed by atoms with Crippen molar-refractivity contribution in [3.05, 3.63) is 101 Å². The third-order valence-electron chi connectivity index (χ3n) is 6.42. The maximum atomic E-state index is 13.7. The van der Waals surface area contributed by atoms with Crippen molar-refractivity contribution >= 4 is 39.8 Å². The number of fused-ring (bicyclic) bond motifs is 4. The van der Waals surface area contributed by atoms with Gasteiger partial charge in [-0.25, -0.2) is 0 Å². The van der Waals surface area contributed by atoms with E-state index in [2.05, 4.69) is 40.2 Å². The second-order valence-corrected chi connectivity index (χ2v) is 8.66. The zero-order valence-corrected chi connectivity index (χ0v) is 17.9. The fourth-order valence-electron chi connectivity index (χ4n) is 5.06. The summed E-state index contributed by atoms with van der Waals surface area (Å²) in [6.45, 7) is 2.03. The van der Waals surface area contributed by atoms with Crippen LogP contribution in [0.4, 0.5) is 5.69 Å². The summed E-state index contributed by atoms with van der Waals surface area (Å²) in [4.78, 5) is 21.2. The summed E-state index contributed by atoms with van der Waals surface area (Å²) in [6, 6.07) is 26.2. The van der Waals surface area contributed by atoms with E-state index in [1.807, 2.05) is 55.5 Å². The molecule has 0 aliphatic carbocycles. The van der Waals surface area contributed by atoms with E-state index in [1.54, 1.807) is 4.90 Å². The first kappa shape index (κ1) is 18.3. The van der Waals surface area contributed by atoms with Gasteiger partial charge in [0.05, 0.1) is 11.7 Å². The molecule has 1 aromatic heterocycles. The molecule has 0 spiro atoms. The molecule has 2 aliphatic rings. The van der Waals surface area contributed by atoms with Crippen LogP contribution in [0.1, 0.15) is 28.4 Å². The van der Waals surface area contributed by atoms with Gasteiger partial charge >= 0.3 is 0 Å². The molecule has 0 saturated carbocycles. The molecule has 152 valence electrons. The first-order chi connectivity index (χ1) is 15.1. The highest BCUT2D eigenvalue weighted by Gasteiger charge is 2.50. The normalized spacial score (nSPS) is 20.3. The highest BCUT2D eigenvalue weighted by Crippen LogP contribution is 2.44. The number of aromatic amines is 1. The van der Waals surface area contributed by atoms with Crippen LogP contribution in [0.2, 0.25) is 0 Å². The van der Waals surface area contributed by atoms with E-state index in [1.165, 1.54) is 10.9 Å². The summed E-state index contributed by atoms with van der Waals surface area (Å²) in [5.41, 5.74) is 6.51. The number of aromatic nitrogens is 1. The van der Waals surface area contributed by atoms with E-state index in [0.717, 1.165) is 28.0 Å². The maximum absolute atomic E-state index is 13.7. The molecule has 1 amide bonds. The Morgan fingerprint density at radius 2 is 1.74 bits per heavy atom. The Kier molecular flexibility index (Phi) is 4.02. The minimum atomic E-state index is -0.315. The molecule has 3 aromatic carbocycles. The Morgan fingerprint density at radius 3 is 2.55 bits per heavy atom. The fraction of sp³-hybridized carbons (Fsp3) is 0.154. The number of rotatable bonds is 2. The van der Waals surface area contributed by atoms with Crippen molar-refractivity contribution in [3.8, 4) is 0 Å². The number of H-pyrrole nitrogens is 1. The number of benzene rings is 3. The van der Waals surface area contributed by atoms with Crippen LogP contribution in [-0.4, -0.2) is 26.9 Å². The van der Waals surface area contributed by atoms with Gasteiger partial charge in [-0.3, -0.25) is 9.69 Å². The van der Waals surface area contributed by atoms with E-state index < -0.39 is 0 Å². The zero-order valence-electron chi connectivity index (χ0n) is 17.1. The monoisotopic (exact) mass is 423 g/mol. The van der Waals surface area contributed by atoms with Gasteiger partial charge in [-0.15, -0.1) is 0 Å². The summed E-state index contributed by atoms with van der Waals surface area (Å²) < 4.78 is 0. The third kappa shape index (κ3) is 2.66. The second-order valence-electron chi connectivity index (χ2n) is 8.30. The molecule has 4 aromatic rings. The van der Waals surface area contributed by atoms with Crippen molar-refractivity contribution < 1.29 is 4.79 Å². The molecule has 0 unspecified atom stereocenters. The van der Waals surface area contributed by atoms with E-state index in [4.69, 9.17) is 12.2 Å². The number of aryl methyl sites for hydroxylation is 1. The highest BCUT2D eigenvalue weighted by molar-refractivity contribution is 7.80. The summed E-state index contributed by atoms with van der Waals surface area (Å²) in [6.07, 6.45) is 0.643. The minimum Gasteiger partial charge on any atom is -0.356 e. The molecular weight excluding hydrogens is 402 g/mol. The van der Waals surface area contributed by atoms with Crippen LogP contribution in [0.3, 0.4) is 0 Å². The first-order valence-electron chi connectivity index (χ1n) is 10.5. The standard InChI is InChI=1S/C26H21N3OS/c1-16-8-7-11-18(14-16)28-25(30)22-15-20-19-12-5-6-13-21(19)27-23(20)24(29(22)26(28)31)17-9-3-2-4-10-17/h2-14,22,24,27H,15H2,1H3/t22-,24-/m0/s1. The average Bonchev–Trinajstić information content (AvgIpc) is 3.28. The number of nitrogens with one attached hydrogen (secondary N) is 1. The molecule has 31 heavy (non-hydrogen) atoms. The van der Waals surface area contributed by atoms with Crippen molar-refractivity contribution in [2.75, 3.05) is 4.90 Å². The van der Waals surface area contributed by atoms with E-state index in [-0.39, 0.29) is 18.0 Å². The number of para-hydroxylation sites is 1. The lowest BCUT2D eigenvalue weighted by atomic mass is 9.89. The van der Waals surface area contributed by atoms with E-state index in [0.29, 0.717) is 11.5 Å². The highest BCUT2D eigenvalue weighted by atomic mass is 32.1. The molecule has 0 bridgehead atoms. The molecule has 2 aliphatic heterocycles. The lowest BCUT2D eigenvalue weighted by Gasteiger charge is -2.37. The fourth-order valence-corrected chi connectivity index (χ4v) is 5.49. The molecule has 1 fully saturated rings. The van der Waals surface area contributed by atoms with Crippen molar-refractivity contribution in [2.45, 2.75) is 25.4 Å².